The molecule has 0 unspecified atom stereocenters. The Bertz CT molecular complexity index is 820. The molecule has 2 N–H and O–H groups in total. The summed E-state index contributed by atoms with van der Waals surface area (Å²) in [6, 6.07) is 12.2. The minimum Gasteiger partial charge on any atom is -0.484 e. The zero-order valence-corrected chi connectivity index (χ0v) is 17.0. The Hall–Kier alpha value is -2.05. The van der Waals surface area contributed by atoms with Crippen LogP contribution in [0.15, 0.2) is 46.9 Å². The lowest BCUT2D eigenvalue weighted by molar-refractivity contribution is -0.118. The van der Waals surface area contributed by atoms with Gasteiger partial charge in [0, 0.05) is 16.1 Å². The molecule has 0 atom stereocenters. The first kappa shape index (κ1) is 19.7. The predicted octanol–water partition coefficient (Wildman–Crippen LogP) is 4.79. The number of rotatable bonds is 6. The second kappa shape index (κ2) is 9.24. The Labute approximate surface area is 171 Å². The summed E-state index contributed by atoms with van der Waals surface area (Å²) in [7, 11) is 0. The van der Waals surface area contributed by atoms with Crippen molar-refractivity contribution < 1.29 is 14.3 Å². The molecule has 0 bridgehead atoms. The van der Waals surface area contributed by atoms with Gasteiger partial charge in [-0.1, -0.05) is 40.4 Å². The average Bonchev–Trinajstić information content (AvgIpc) is 3.16. The summed E-state index contributed by atoms with van der Waals surface area (Å²) in [4.78, 5) is 24.2. The van der Waals surface area contributed by atoms with Crippen molar-refractivity contribution in [3.63, 3.8) is 0 Å². The normalized spacial score (nSPS) is 14.0. The Morgan fingerprint density at radius 1 is 1.11 bits per heavy atom. The van der Waals surface area contributed by atoms with Crippen molar-refractivity contribution in [2.45, 2.75) is 31.7 Å². The Morgan fingerprint density at radius 3 is 2.48 bits per heavy atom. The standard InChI is InChI=1S/C20H20BrClN2O3/c21-14-7-10-18(17(22)11-14)24-19(25)12-27-16-8-5-13(6-9-16)20(26)23-15-3-1-2-4-15/h5-11,15H,1-4,12H2,(H,23,26)(H,24,25). The van der Waals surface area contributed by atoms with Crippen molar-refractivity contribution in [3.05, 3.63) is 57.5 Å². The van der Waals surface area contributed by atoms with Crippen LogP contribution in [0.25, 0.3) is 0 Å². The van der Waals surface area contributed by atoms with E-state index in [1.807, 2.05) is 0 Å². The number of amides is 2. The second-order valence-electron chi connectivity index (χ2n) is 6.44. The molecule has 2 amide bonds. The lowest BCUT2D eigenvalue weighted by Crippen LogP contribution is -2.32. The third-order valence-corrected chi connectivity index (χ3v) is 5.19. The van der Waals surface area contributed by atoms with Crippen LogP contribution < -0.4 is 15.4 Å². The maximum absolute atomic E-state index is 12.2. The number of ether oxygens (including phenoxy) is 1. The van der Waals surface area contributed by atoms with Crippen LogP contribution in [0, 0.1) is 0 Å². The van der Waals surface area contributed by atoms with Gasteiger partial charge in [0.1, 0.15) is 5.75 Å². The highest BCUT2D eigenvalue weighted by Crippen LogP contribution is 2.25. The summed E-state index contributed by atoms with van der Waals surface area (Å²) in [5.74, 6) is 0.128. The van der Waals surface area contributed by atoms with E-state index < -0.39 is 0 Å². The van der Waals surface area contributed by atoms with E-state index in [0.717, 1.165) is 17.3 Å². The highest BCUT2D eigenvalue weighted by molar-refractivity contribution is 9.10. The molecule has 27 heavy (non-hydrogen) atoms. The van der Waals surface area contributed by atoms with E-state index in [4.69, 9.17) is 16.3 Å². The molecule has 3 rings (SSSR count). The maximum Gasteiger partial charge on any atom is 0.262 e. The van der Waals surface area contributed by atoms with Crippen LogP contribution >= 0.6 is 27.5 Å². The lowest BCUT2D eigenvalue weighted by atomic mass is 10.1. The van der Waals surface area contributed by atoms with Crippen molar-refractivity contribution >= 4 is 45.0 Å². The van der Waals surface area contributed by atoms with Crippen molar-refractivity contribution in [3.8, 4) is 5.75 Å². The summed E-state index contributed by atoms with van der Waals surface area (Å²) >= 11 is 9.39. The van der Waals surface area contributed by atoms with Gasteiger partial charge in [0.15, 0.2) is 6.61 Å². The summed E-state index contributed by atoms with van der Waals surface area (Å²) in [6.07, 6.45) is 4.44. The molecule has 0 heterocycles. The number of carbonyl (C=O) groups excluding carboxylic acids is 2. The molecule has 0 aromatic heterocycles. The first-order valence-corrected chi connectivity index (χ1v) is 9.97. The number of anilines is 1. The van der Waals surface area contributed by atoms with Crippen molar-refractivity contribution in [2.75, 3.05) is 11.9 Å². The summed E-state index contributed by atoms with van der Waals surface area (Å²) in [6.45, 7) is -0.153. The van der Waals surface area contributed by atoms with Crippen LogP contribution in [0.5, 0.6) is 5.75 Å². The molecule has 1 fully saturated rings. The molecule has 1 saturated carbocycles. The molecule has 2 aromatic rings. The topological polar surface area (TPSA) is 67.4 Å². The van der Waals surface area contributed by atoms with Gasteiger partial charge in [0.25, 0.3) is 11.8 Å². The van der Waals surface area contributed by atoms with Gasteiger partial charge in [-0.15, -0.1) is 0 Å². The van der Waals surface area contributed by atoms with Crippen molar-refractivity contribution in [2.24, 2.45) is 0 Å². The third-order valence-electron chi connectivity index (χ3n) is 4.38. The molecule has 1 aliphatic rings. The van der Waals surface area contributed by atoms with Crippen LogP contribution in [0.1, 0.15) is 36.0 Å². The molecular formula is C20H20BrClN2O3. The highest BCUT2D eigenvalue weighted by Gasteiger charge is 2.17. The van der Waals surface area contributed by atoms with Crippen molar-refractivity contribution in [1.82, 2.24) is 5.32 Å². The quantitative estimate of drug-likeness (QED) is 0.663. The minimum atomic E-state index is -0.317. The van der Waals surface area contributed by atoms with Crippen LogP contribution in [0.3, 0.4) is 0 Å². The fourth-order valence-electron chi connectivity index (χ4n) is 2.97. The first-order valence-electron chi connectivity index (χ1n) is 8.80. The fourth-order valence-corrected chi connectivity index (χ4v) is 3.69. The van der Waals surface area contributed by atoms with Gasteiger partial charge in [0.05, 0.1) is 10.7 Å². The van der Waals surface area contributed by atoms with Crippen LogP contribution in [0.4, 0.5) is 5.69 Å². The van der Waals surface area contributed by atoms with Crippen LogP contribution in [-0.4, -0.2) is 24.5 Å². The van der Waals surface area contributed by atoms with Crippen molar-refractivity contribution in [1.29, 1.82) is 0 Å². The number of halogens is 2. The molecule has 7 heteroatoms. The molecule has 0 aliphatic heterocycles. The molecule has 0 saturated heterocycles. The number of nitrogens with one attached hydrogen (secondary N) is 2. The van der Waals surface area contributed by atoms with Gasteiger partial charge < -0.3 is 15.4 Å². The van der Waals surface area contributed by atoms with Gasteiger partial charge in [0.2, 0.25) is 0 Å². The SMILES string of the molecule is O=C(COc1ccc(C(=O)NC2CCCC2)cc1)Nc1ccc(Br)cc1Cl. The average molecular weight is 452 g/mol. The van der Waals surface area contributed by atoms with Crippen LogP contribution in [0.2, 0.25) is 5.02 Å². The molecule has 0 radical (unpaired) electrons. The number of benzene rings is 2. The van der Waals surface area contributed by atoms with E-state index in [-0.39, 0.29) is 24.5 Å². The number of carbonyl (C=O) groups is 2. The van der Waals surface area contributed by atoms with E-state index in [1.54, 1.807) is 42.5 Å². The maximum atomic E-state index is 12.2. The van der Waals surface area contributed by atoms with E-state index in [1.165, 1.54) is 12.8 Å². The second-order valence-corrected chi connectivity index (χ2v) is 7.76. The summed E-state index contributed by atoms with van der Waals surface area (Å²) in [5, 5.41) is 6.18. The van der Waals surface area contributed by atoms with Crippen LogP contribution in [-0.2, 0) is 4.79 Å². The fraction of sp³-hybridized carbons (Fsp3) is 0.300. The largest absolute Gasteiger partial charge is 0.484 e. The Kier molecular flexibility index (Phi) is 6.74. The smallest absolute Gasteiger partial charge is 0.262 e. The third kappa shape index (κ3) is 5.71. The van der Waals surface area contributed by atoms with Gasteiger partial charge in [-0.05, 0) is 55.3 Å². The summed E-state index contributed by atoms with van der Waals surface area (Å²) < 4.78 is 6.31. The highest BCUT2D eigenvalue weighted by atomic mass is 79.9. The van der Waals surface area contributed by atoms with Gasteiger partial charge in [-0.2, -0.15) is 0 Å². The molecular weight excluding hydrogens is 432 g/mol. The molecule has 142 valence electrons. The van der Waals surface area contributed by atoms with E-state index in [9.17, 15) is 9.59 Å². The van der Waals surface area contributed by atoms with Gasteiger partial charge in [-0.25, -0.2) is 0 Å². The number of hydrogen-bond acceptors (Lipinski definition) is 3. The zero-order valence-electron chi connectivity index (χ0n) is 14.6. The molecule has 1 aliphatic carbocycles. The molecule has 2 aromatic carbocycles. The summed E-state index contributed by atoms with van der Waals surface area (Å²) in [5.41, 5.74) is 1.10. The molecule has 0 spiro atoms. The zero-order chi connectivity index (χ0) is 19.2. The number of hydrogen-bond donors (Lipinski definition) is 2. The van der Waals surface area contributed by atoms with E-state index in [2.05, 4.69) is 26.6 Å². The molecule has 5 nitrogen and oxygen atoms in total. The first-order chi connectivity index (χ1) is 13.0. The lowest BCUT2D eigenvalue weighted by Gasteiger charge is -2.12. The van der Waals surface area contributed by atoms with E-state index in [0.29, 0.717) is 22.0 Å². The van der Waals surface area contributed by atoms with E-state index >= 15 is 0 Å². The van der Waals surface area contributed by atoms with Gasteiger partial charge >= 0.3 is 0 Å². The Balaban J connectivity index is 1.49. The predicted molar refractivity (Wildman–Crippen MR) is 109 cm³/mol. The monoisotopic (exact) mass is 450 g/mol. The Morgan fingerprint density at radius 2 is 1.81 bits per heavy atom. The minimum absolute atomic E-state index is 0.0731. The van der Waals surface area contributed by atoms with Gasteiger partial charge in [-0.3, -0.25) is 9.59 Å².